The Labute approximate surface area is 666 Å². The van der Waals surface area contributed by atoms with Crippen molar-refractivity contribution >= 4 is 174 Å². The van der Waals surface area contributed by atoms with Crippen LogP contribution in [0, 0.1) is 0 Å². The van der Waals surface area contributed by atoms with E-state index in [4.69, 9.17) is 42.5 Å². The van der Waals surface area contributed by atoms with Crippen molar-refractivity contribution in [3.8, 4) is 78.7 Å². The van der Waals surface area contributed by atoms with Crippen LogP contribution in [0.15, 0.2) is 328 Å². The highest BCUT2D eigenvalue weighted by Crippen LogP contribution is 2.47. The smallest absolute Gasteiger partial charge is 0.399 e. The molecule has 8 aromatic heterocycles. The fourth-order valence-corrected chi connectivity index (χ4v) is 17.3. The molecular weight excluding hydrogens is 1520 g/mol. The highest BCUT2D eigenvalue weighted by Gasteiger charge is 2.51. The van der Waals surface area contributed by atoms with Gasteiger partial charge < -0.3 is 22.5 Å². The van der Waals surface area contributed by atoms with Gasteiger partial charge in [0, 0.05) is 93.0 Å². The standard InChI is InChI=1S/C58H34N4.C30H26BNO2.C10H6Cl2N2.HI/c1-2-12-39(13-3-1)58-59-50(37-26-22-35(23-27-37)40-30-46-42-14-4-8-18-52(42)61-53-19-9-5-15-43(53)47(31-40)56(46)61)34-51(60-58)38-28-24-36(25-29-38)41-32-48-44-16-6-10-20-54(44)62-55-21-11-7-17-45(55)49(33-41)57(48)62;1-29(2)30(3,4)34-31(33-29)21-15-13-19(14-16-21)20-17-24-22-9-5-7-11-26(22)32-27-12-8-6-10-23(27)25(18-20)28(24)32;11-8-6-9(12)14-10(13-8)7-4-2-1-3-5-7;/h1-34H;5-18H,1-4H3;1-6H;1H. The monoisotopic (exact) mass is 1580 g/mol. The third kappa shape index (κ3) is 11.3. The Morgan fingerprint density at radius 2 is 0.505 bits per heavy atom. The maximum absolute atomic E-state index is 6.25. The summed E-state index contributed by atoms with van der Waals surface area (Å²) in [4.78, 5) is 18.5. The van der Waals surface area contributed by atoms with Crippen LogP contribution in [0.2, 0.25) is 10.3 Å². The average molecular weight is 1580 g/mol. The van der Waals surface area contributed by atoms with Crippen molar-refractivity contribution in [3.63, 3.8) is 0 Å². The van der Waals surface area contributed by atoms with Gasteiger partial charge in [0.1, 0.15) is 10.3 Å². The highest BCUT2D eigenvalue weighted by atomic mass is 127. The Bertz CT molecular complexity index is 6840. The minimum atomic E-state index is -0.343. The van der Waals surface area contributed by atoms with E-state index in [2.05, 4.69) is 324 Å². The Hall–Kier alpha value is -12.1. The molecule has 0 unspecified atom stereocenters. The largest absolute Gasteiger partial charge is 0.494 e. The van der Waals surface area contributed by atoms with Crippen molar-refractivity contribution in [2.75, 3.05) is 0 Å². The number of nitrogens with zero attached hydrogens (tertiary/aromatic N) is 7. The van der Waals surface area contributed by atoms with Crippen LogP contribution in [-0.4, -0.2) is 51.5 Å². The van der Waals surface area contributed by atoms with Gasteiger partial charge in [-0.15, -0.1) is 24.0 Å². The number of halogens is 3. The first-order chi connectivity index (χ1) is 53.8. The Kier molecular flexibility index (Phi) is 16.4. The molecule has 0 spiro atoms. The van der Waals surface area contributed by atoms with E-state index >= 15 is 0 Å². The van der Waals surface area contributed by atoms with E-state index in [1.54, 1.807) is 0 Å². The Morgan fingerprint density at radius 3 is 0.802 bits per heavy atom. The van der Waals surface area contributed by atoms with Gasteiger partial charge in [0.2, 0.25) is 0 Å². The lowest BCUT2D eigenvalue weighted by molar-refractivity contribution is 0.00578. The number of aromatic nitrogens is 7. The number of hydrogen-bond acceptors (Lipinski definition) is 6. The molecule has 0 amide bonds. The van der Waals surface area contributed by atoms with E-state index in [9.17, 15) is 0 Å². The first-order valence-electron chi connectivity index (χ1n) is 37.2. The van der Waals surface area contributed by atoms with Crippen LogP contribution in [0.25, 0.3) is 193 Å². The third-order valence-corrected chi connectivity index (χ3v) is 23.2. The van der Waals surface area contributed by atoms with Crippen molar-refractivity contribution in [2.45, 2.75) is 38.9 Å². The predicted octanol–water partition coefficient (Wildman–Crippen LogP) is 26.0. The van der Waals surface area contributed by atoms with Gasteiger partial charge in [0.15, 0.2) is 11.6 Å². The molecule has 0 aliphatic carbocycles. The lowest BCUT2D eigenvalue weighted by Crippen LogP contribution is -2.41. The van der Waals surface area contributed by atoms with Crippen molar-refractivity contribution in [1.29, 1.82) is 0 Å². The summed E-state index contributed by atoms with van der Waals surface area (Å²) in [5, 5.41) is 16.1. The quantitative estimate of drug-likeness (QED) is 0.0856. The summed E-state index contributed by atoms with van der Waals surface area (Å²) >= 11 is 11.5. The summed E-state index contributed by atoms with van der Waals surface area (Å²) < 4.78 is 19.8. The van der Waals surface area contributed by atoms with Crippen LogP contribution in [0.4, 0.5) is 0 Å². The first-order valence-corrected chi connectivity index (χ1v) is 38.0. The molecule has 14 aromatic carbocycles. The van der Waals surface area contributed by atoms with Crippen molar-refractivity contribution in [3.05, 3.63) is 338 Å². The minimum Gasteiger partial charge on any atom is -0.399 e. The SMILES string of the molecule is CC1(C)OB(c2ccc(-c3cc4c5ccccc5n5c6ccccc6c(c3)c45)cc2)OC1(C)C.Clc1cc(Cl)nc(-c2ccccc2)n1.I.c1ccc(-c2nc(-c3ccc(-c4cc5c6ccccc6n6c7ccccc7c(c4)c56)cc3)cc(-c3ccc(-c4cc5c6ccccc6n6c7ccccc7c(c4)c56)cc3)n2)cc1. The number of hydrogen-bond donors (Lipinski definition) is 0. The summed E-state index contributed by atoms with van der Waals surface area (Å²) in [6, 6.07) is 116. The van der Waals surface area contributed by atoms with E-state index in [0.717, 1.165) is 39.1 Å². The molecule has 23 rings (SSSR count). The maximum atomic E-state index is 6.25. The summed E-state index contributed by atoms with van der Waals surface area (Å²) in [6.07, 6.45) is 0. The molecule has 1 fully saturated rings. The van der Waals surface area contributed by atoms with Crippen molar-refractivity contribution in [2.24, 2.45) is 0 Å². The number of fused-ring (bicyclic) bond motifs is 18. The van der Waals surface area contributed by atoms with Gasteiger partial charge in [-0.25, -0.2) is 19.9 Å². The van der Waals surface area contributed by atoms with Crippen LogP contribution in [0.5, 0.6) is 0 Å². The van der Waals surface area contributed by atoms with E-state index in [1.807, 2.05) is 48.5 Å². The molecule has 9 nitrogen and oxygen atoms in total. The lowest BCUT2D eigenvalue weighted by Gasteiger charge is -2.32. The normalized spacial score (nSPS) is 13.5. The zero-order valence-corrected chi connectivity index (χ0v) is 64.7. The van der Waals surface area contributed by atoms with E-state index in [-0.39, 0.29) is 42.3 Å². The number of rotatable bonds is 8. The van der Waals surface area contributed by atoms with Crippen LogP contribution in [-0.2, 0) is 9.31 Å². The number of para-hydroxylation sites is 6. The van der Waals surface area contributed by atoms with Crippen LogP contribution in [0.1, 0.15) is 27.7 Å². The zero-order chi connectivity index (χ0) is 73.7. The summed E-state index contributed by atoms with van der Waals surface area (Å²) in [7, 11) is -0.343. The van der Waals surface area contributed by atoms with E-state index < -0.39 is 0 Å². The molecule has 1 aliphatic rings. The van der Waals surface area contributed by atoms with Gasteiger partial charge in [-0.2, -0.15) is 0 Å². The topological polar surface area (TPSA) is 83.2 Å². The van der Waals surface area contributed by atoms with Crippen LogP contribution in [0.3, 0.4) is 0 Å². The molecule has 111 heavy (non-hydrogen) atoms. The first kappa shape index (κ1) is 68.2. The molecule has 0 saturated carbocycles. The molecule has 0 N–H and O–H groups in total. The minimum absolute atomic E-state index is 0. The second-order valence-corrected chi connectivity index (χ2v) is 30.5. The van der Waals surface area contributed by atoms with Crippen LogP contribution < -0.4 is 5.46 Å². The fourth-order valence-electron chi connectivity index (χ4n) is 16.9. The zero-order valence-electron chi connectivity index (χ0n) is 60.9. The Balaban J connectivity index is 0.000000136. The van der Waals surface area contributed by atoms with Gasteiger partial charge in [0.25, 0.3) is 0 Å². The number of benzene rings is 14. The summed E-state index contributed by atoms with van der Waals surface area (Å²) in [5.41, 5.74) is 24.7. The molecule has 1 aliphatic heterocycles. The van der Waals surface area contributed by atoms with Crippen LogP contribution >= 0.6 is 47.2 Å². The van der Waals surface area contributed by atoms with Crippen molar-refractivity contribution < 1.29 is 9.31 Å². The van der Waals surface area contributed by atoms with Gasteiger partial charge >= 0.3 is 7.12 Å². The van der Waals surface area contributed by atoms with Gasteiger partial charge in [-0.05, 0) is 145 Å². The molecule has 0 atom stereocenters. The predicted molar refractivity (Wildman–Crippen MR) is 474 cm³/mol. The molecule has 13 heteroatoms. The molecule has 22 aromatic rings. The van der Waals surface area contributed by atoms with Gasteiger partial charge in [-0.3, -0.25) is 0 Å². The Morgan fingerprint density at radius 1 is 0.252 bits per heavy atom. The van der Waals surface area contributed by atoms with E-state index in [0.29, 0.717) is 22.0 Å². The molecule has 0 bridgehead atoms. The van der Waals surface area contributed by atoms with Crippen molar-refractivity contribution in [1.82, 2.24) is 33.1 Å². The second kappa shape index (κ2) is 26.6. The molecule has 530 valence electrons. The molecular formula is C98H67BCl2IN7O2. The average Bonchev–Trinajstić information content (AvgIpc) is 1.56. The molecule has 0 radical (unpaired) electrons. The summed E-state index contributed by atoms with van der Waals surface area (Å²) in [6.45, 7) is 8.36. The molecule has 9 heterocycles. The van der Waals surface area contributed by atoms with Gasteiger partial charge in [0.05, 0.1) is 72.2 Å². The van der Waals surface area contributed by atoms with E-state index in [1.165, 1.54) is 154 Å². The lowest BCUT2D eigenvalue weighted by atomic mass is 9.78. The summed E-state index contributed by atoms with van der Waals surface area (Å²) in [5.74, 6) is 1.25. The molecule has 1 saturated heterocycles. The third-order valence-electron chi connectivity index (χ3n) is 22.9. The fraction of sp³-hybridized carbons (Fsp3) is 0.0612. The maximum Gasteiger partial charge on any atom is 0.494 e. The highest BCUT2D eigenvalue weighted by molar-refractivity contribution is 14.0. The van der Waals surface area contributed by atoms with Gasteiger partial charge in [-0.1, -0.05) is 266 Å². The second-order valence-electron chi connectivity index (χ2n) is 29.8.